The topological polar surface area (TPSA) is 89.3 Å². The first kappa shape index (κ1) is 10.0. The molecule has 0 saturated heterocycles. The van der Waals surface area contributed by atoms with Gasteiger partial charge in [-0.25, -0.2) is 4.79 Å². The third kappa shape index (κ3) is 5.92. The average molecular weight is 120 g/mol. The van der Waals surface area contributed by atoms with E-state index >= 15 is 0 Å². The molecule has 0 fully saturated rings. The number of carboxylic acids is 1. The van der Waals surface area contributed by atoms with E-state index in [1.807, 2.05) is 0 Å². The van der Waals surface area contributed by atoms with Gasteiger partial charge in [0.2, 0.25) is 0 Å². The first-order valence-corrected chi connectivity index (χ1v) is 1.38. The normalized spacial score (nSPS) is 7.86. The molecule has 0 atom stereocenters. The number of nitrogens with two attached hydrogens (primary N) is 2. The molecule has 0 aliphatic carbocycles. The van der Waals surface area contributed by atoms with Crippen LogP contribution in [0.15, 0.2) is 0 Å². The Labute approximate surface area is 51.6 Å². The van der Waals surface area contributed by atoms with Crippen molar-refractivity contribution in [2.75, 3.05) is 0 Å². The molecule has 0 unspecified atom stereocenters. The second-order valence-corrected chi connectivity index (χ2v) is 0.864. The number of hydrogen-bond acceptors (Lipinski definition) is 3. The van der Waals surface area contributed by atoms with Crippen LogP contribution in [0.3, 0.4) is 0 Å². The molecule has 4 nitrogen and oxygen atoms in total. The van der Waals surface area contributed by atoms with Crippen LogP contribution in [0, 0.1) is 0 Å². The molecule has 0 rings (SSSR count). The maximum Gasteiger partial charge on any atom is 0.335 e. The summed E-state index contributed by atoms with van der Waals surface area (Å²) in [5.41, 5.74) is 9.23. The largest absolute Gasteiger partial charge is 0.479 e. The Hall–Kier alpha value is -0.0775. The maximum atomic E-state index is 9.45. The SMILES string of the molecule is NC(N)C(=O)O.[AlH3]. The van der Waals surface area contributed by atoms with E-state index in [1.54, 1.807) is 0 Å². The lowest BCUT2D eigenvalue weighted by Crippen LogP contribution is -2.38. The molecule has 5 heteroatoms. The van der Waals surface area contributed by atoms with Crippen molar-refractivity contribution in [3.8, 4) is 0 Å². The van der Waals surface area contributed by atoms with Crippen molar-refractivity contribution in [2.45, 2.75) is 6.17 Å². The predicted octanol–water partition coefficient (Wildman–Crippen LogP) is -2.87. The van der Waals surface area contributed by atoms with Crippen LogP contribution in [-0.2, 0) is 4.79 Å². The number of hydrogen-bond donors (Lipinski definition) is 3. The van der Waals surface area contributed by atoms with E-state index in [0.717, 1.165) is 0 Å². The number of carbonyl (C=O) groups is 1. The minimum atomic E-state index is -1.23. The molecule has 0 saturated carbocycles. The zero-order valence-corrected chi connectivity index (χ0v) is 3.09. The summed E-state index contributed by atoms with van der Waals surface area (Å²) < 4.78 is 0. The highest BCUT2D eigenvalue weighted by Gasteiger charge is 1.99. The molecule has 0 aromatic heterocycles. The lowest BCUT2D eigenvalue weighted by atomic mass is 10.6. The Kier molecular flexibility index (Phi) is 5.86. The molecule has 42 valence electrons. The lowest BCUT2D eigenvalue weighted by Gasteiger charge is -1.90. The summed E-state index contributed by atoms with van der Waals surface area (Å²) in [6, 6.07) is 0. The van der Waals surface area contributed by atoms with E-state index in [1.165, 1.54) is 0 Å². The Balaban J connectivity index is 0. The van der Waals surface area contributed by atoms with Gasteiger partial charge in [0.05, 0.1) is 0 Å². The van der Waals surface area contributed by atoms with Crippen LogP contribution in [0.25, 0.3) is 0 Å². The Morgan fingerprint density at radius 3 is 1.71 bits per heavy atom. The fourth-order valence-electron chi connectivity index (χ4n) is 0. The van der Waals surface area contributed by atoms with Gasteiger partial charge in [-0.1, -0.05) is 0 Å². The second kappa shape index (κ2) is 4.09. The third-order valence-electron chi connectivity index (χ3n) is 0.285. The molecule has 0 heterocycles. The van der Waals surface area contributed by atoms with E-state index < -0.39 is 12.1 Å². The number of rotatable bonds is 1. The molecule has 7 heavy (non-hydrogen) atoms. The van der Waals surface area contributed by atoms with Crippen molar-refractivity contribution in [1.29, 1.82) is 0 Å². The molecular weight excluding hydrogens is 111 g/mol. The van der Waals surface area contributed by atoms with E-state index in [9.17, 15) is 4.79 Å². The van der Waals surface area contributed by atoms with Crippen LogP contribution >= 0.6 is 0 Å². The quantitative estimate of drug-likeness (QED) is 0.256. The van der Waals surface area contributed by atoms with Crippen molar-refractivity contribution >= 4 is 23.3 Å². The van der Waals surface area contributed by atoms with E-state index in [-0.39, 0.29) is 17.4 Å². The van der Waals surface area contributed by atoms with Crippen molar-refractivity contribution in [3.05, 3.63) is 0 Å². The fourth-order valence-corrected chi connectivity index (χ4v) is 0. The van der Waals surface area contributed by atoms with Gasteiger partial charge in [-0.2, -0.15) is 0 Å². The van der Waals surface area contributed by atoms with Gasteiger partial charge < -0.3 is 16.6 Å². The standard InChI is InChI=1S/C2H6N2O2.Al.3H/c3-1(4)2(5)6;;;;/h1H,3-4H2,(H,5,6);;;;. The van der Waals surface area contributed by atoms with Gasteiger partial charge in [-0.15, -0.1) is 0 Å². The summed E-state index contributed by atoms with van der Waals surface area (Å²) >= 11 is 0. The fraction of sp³-hybridized carbons (Fsp3) is 0.500. The van der Waals surface area contributed by atoms with Crippen LogP contribution < -0.4 is 11.5 Å². The predicted molar refractivity (Wildman–Crippen MR) is 29.7 cm³/mol. The molecular formula is C2H9AlN2O2. The molecule has 0 radical (unpaired) electrons. The summed E-state index contributed by atoms with van der Waals surface area (Å²) in [5.74, 6) is -1.19. The highest BCUT2D eigenvalue weighted by molar-refractivity contribution is 5.75. The van der Waals surface area contributed by atoms with Gasteiger partial charge in [-0.3, -0.25) is 0 Å². The summed E-state index contributed by atoms with van der Waals surface area (Å²) in [4.78, 5) is 9.45. The first-order valence-electron chi connectivity index (χ1n) is 1.38. The van der Waals surface area contributed by atoms with E-state index in [0.29, 0.717) is 0 Å². The van der Waals surface area contributed by atoms with Crippen molar-refractivity contribution in [3.63, 3.8) is 0 Å². The first-order chi connectivity index (χ1) is 2.64. The van der Waals surface area contributed by atoms with Gasteiger partial charge in [0, 0.05) is 0 Å². The molecule has 0 spiro atoms. The average Bonchev–Trinajstić information content (AvgIpc) is 1.36. The zero-order valence-electron chi connectivity index (χ0n) is 3.09. The molecule has 0 amide bonds. The third-order valence-corrected chi connectivity index (χ3v) is 0.285. The second-order valence-electron chi connectivity index (χ2n) is 0.864. The van der Waals surface area contributed by atoms with Crippen molar-refractivity contribution in [1.82, 2.24) is 0 Å². The van der Waals surface area contributed by atoms with Crippen molar-refractivity contribution in [2.24, 2.45) is 11.5 Å². The molecule has 0 aliphatic rings. The summed E-state index contributed by atoms with van der Waals surface area (Å²) in [7, 11) is 0. The molecule has 0 aromatic rings. The van der Waals surface area contributed by atoms with Gasteiger partial charge >= 0.3 is 5.97 Å². The summed E-state index contributed by atoms with van der Waals surface area (Å²) in [5, 5.41) is 7.74. The zero-order chi connectivity index (χ0) is 5.15. The minimum Gasteiger partial charge on any atom is -0.479 e. The lowest BCUT2D eigenvalue weighted by molar-refractivity contribution is -0.138. The highest BCUT2D eigenvalue weighted by Crippen LogP contribution is 1.56. The van der Waals surface area contributed by atoms with Gasteiger partial charge in [0.25, 0.3) is 0 Å². The van der Waals surface area contributed by atoms with Crippen molar-refractivity contribution < 1.29 is 9.90 Å². The minimum absolute atomic E-state index is 0. The number of aliphatic carboxylic acids is 1. The summed E-state index contributed by atoms with van der Waals surface area (Å²) in [6.07, 6.45) is -1.23. The Morgan fingerprint density at radius 2 is 1.71 bits per heavy atom. The molecule has 0 bridgehead atoms. The van der Waals surface area contributed by atoms with Crippen LogP contribution in [0.4, 0.5) is 0 Å². The highest BCUT2D eigenvalue weighted by atomic mass is 27.0. The summed E-state index contributed by atoms with van der Waals surface area (Å²) in [6.45, 7) is 0. The maximum absolute atomic E-state index is 9.45. The molecule has 5 N–H and O–H groups in total. The Morgan fingerprint density at radius 1 is 1.57 bits per heavy atom. The van der Waals surface area contributed by atoms with E-state index in [2.05, 4.69) is 11.5 Å². The molecule has 0 aromatic carbocycles. The van der Waals surface area contributed by atoms with E-state index in [4.69, 9.17) is 5.11 Å². The Bertz CT molecular complexity index is 64.7. The van der Waals surface area contributed by atoms with Crippen LogP contribution in [0.2, 0.25) is 0 Å². The smallest absolute Gasteiger partial charge is 0.335 e. The monoisotopic (exact) mass is 120 g/mol. The van der Waals surface area contributed by atoms with Crippen LogP contribution in [0.1, 0.15) is 0 Å². The van der Waals surface area contributed by atoms with Crippen LogP contribution in [-0.4, -0.2) is 34.6 Å². The van der Waals surface area contributed by atoms with Gasteiger partial charge in [0.1, 0.15) is 0 Å². The van der Waals surface area contributed by atoms with Crippen LogP contribution in [0.5, 0.6) is 0 Å². The van der Waals surface area contributed by atoms with Gasteiger partial charge in [0.15, 0.2) is 23.5 Å². The number of carboxylic acid groups (broad SMARTS) is 1. The van der Waals surface area contributed by atoms with Gasteiger partial charge in [-0.05, 0) is 0 Å². The molecule has 0 aliphatic heterocycles.